The van der Waals surface area contributed by atoms with E-state index < -0.39 is 16.0 Å². The van der Waals surface area contributed by atoms with E-state index in [0.29, 0.717) is 36.3 Å². The molecule has 3 heterocycles. The second-order valence-corrected chi connectivity index (χ2v) is 9.58. The predicted octanol–water partition coefficient (Wildman–Crippen LogP) is 1.48. The van der Waals surface area contributed by atoms with Crippen molar-refractivity contribution in [2.45, 2.75) is 18.6 Å². The van der Waals surface area contributed by atoms with E-state index in [4.69, 9.17) is 11.6 Å². The average Bonchev–Trinajstić information content (AvgIpc) is 3.18. The summed E-state index contributed by atoms with van der Waals surface area (Å²) >= 11 is 6.18. The molecule has 0 saturated carbocycles. The summed E-state index contributed by atoms with van der Waals surface area (Å²) in [5.41, 5.74) is 0.735. The zero-order valence-electron chi connectivity index (χ0n) is 15.6. The van der Waals surface area contributed by atoms with Gasteiger partial charge in [-0.05, 0) is 6.42 Å². The highest BCUT2D eigenvalue weighted by Crippen LogP contribution is 2.24. The van der Waals surface area contributed by atoms with Crippen molar-refractivity contribution in [1.82, 2.24) is 24.6 Å². The Morgan fingerprint density at radius 2 is 2.18 bits per heavy atom. The zero-order valence-corrected chi connectivity index (χ0v) is 17.2. The fourth-order valence-corrected chi connectivity index (χ4v) is 3.80. The van der Waals surface area contributed by atoms with Crippen LogP contribution >= 0.6 is 11.6 Å². The molecule has 1 aliphatic rings. The number of alkyl halides is 1. The Kier molecular flexibility index (Phi) is 6.36. The molecule has 0 bridgehead atoms. The number of aryl methyl sites for hydroxylation is 1. The molecule has 154 valence electrons. The second-order valence-electron chi connectivity index (χ2n) is 6.91. The van der Waals surface area contributed by atoms with E-state index in [9.17, 15) is 12.8 Å². The van der Waals surface area contributed by atoms with Crippen LogP contribution in [-0.4, -0.2) is 76.9 Å². The maximum atomic E-state index is 13.9. The Labute approximate surface area is 168 Å². The lowest BCUT2D eigenvalue weighted by molar-refractivity contribution is 0.263. The minimum atomic E-state index is -3.10. The van der Waals surface area contributed by atoms with E-state index in [1.807, 2.05) is 4.90 Å². The minimum Gasteiger partial charge on any atom is -0.367 e. The summed E-state index contributed by atoms with van der Waals surface area (Å²) in [4.78, 5) is 10.3. The molecule has 2 atom stereocenters. The van der Waals surface area contributed by atoms with Gasteiger partial charge in [0.15, 0.2) is 5.82 Å². The SMILES string of the molecule is Cn1cc(Nc2ncc(Cl)c(NC[C@@H]3C[C@H](F)CN3CCS(C)(=O)=O)n2)cn1. The maximum Gasteiger partial charge on any atom is 0.229 e. The molecule has 1 fully saturated rings. The number of rotatable bonds is 8. The first-order valence-electron chi connectivity index (χ1n) is 8.77. The van der Waals surface area contributed by atoms with Gasteiger partial charge in [0.05, 0.1) is 23.8 Å². The molecule has 2 N–H and O–H groups in total. The molecular weight excluding hydrogens is 409 g/mol. The Hall–Kier alpha value is -1.98. The predicted molar refractivity (Wildman–Crippen MR) is 107 cm³/mol. The summed E-state index contributed by atoms with van der Waals surface area (Å²) in [6.07, 6.45) is 5.44. The maximum absolute atomic E-state index is 13.9. The highest BCUT2D eigenvalue weighted by molar-refractivity contribution is 7.90. The number of halogens is 2. The summed E-state index contributed by atoms with van der Waals surface area (Å²) in [5.74, 6) is 0.779. The summed E-state index contributed by atoms with van der Waals surface area (Å²) in [5, 5.41) is 10.6. The van der Waals surface area contributed by atoms with E-state index in [1.165, 1.54) is 12.5 Å². The van der Waals surface area contributed by atoms with Crippen LogP contribution in [0.2, 0.25) is 5.02 Å². The van der Waals surface area contributed by atoms with Gasteiger partial charge in [-0.1, -0.05) is 11.6 Å². The van der Waals surface area contributed by atoms with Gasteiger partial charge in [0.2, 0.25) is 5.95 Å². The average molecular weight is 432 g/mol. The van der Waals surface area contributed by atoms with Crippen LogP contribution in [0.3, 0.4) is 0 Å². The summed E-state index contributed by atoms with van der Waals surface area (Å²) < 4.78 is 38.3. The number of nitrogens with zero attached hydrogens (tertiary/aromatic N) is 5. The van der Waals surface area contributed by atoms with Gasteiger partial charge in [-0.25, -0.2) is 17.8 Å². The van der Waals surface area contributed by atoms with Crippen LogP contribution in [0.15, 0.2) is 18.6 Å². The molecule has 0 amide bonds. The first-order valence-corrected chi connectivity index (χ1v) is 11.2. The number of hydrogen-bond donors (Lipinski definition) is 2. The molecule has 9 nitrogen and oxygen atoms in total. The number of likely N-dealkylation sites (tertiary alicyclic amines) is 1. The fourth-order valence-electron chi connectivity index (χ4n) is 3.07. The Balaban J connectivity index is 1.63. The Morgan fingerprint density at radius 3 is 2.86 bits per heavy atom. The smallest absolute Gasteiger partial charge is 0.229 e. The highest BCUT2D eigenvalue weighted by atomic mass is 35.5. The van der Waals surface area contributed by atoms with Crippen molar-refractivity contribution in [3.63, 3.8) is 0 Å². The normalized spacial score (nSPS) is 20.4. The number of hydrogen-bond acceptors (Lipinski definition) is 8. The Bertz CT molecular complexity index is 923. The fraction of sp³-hybridized carbons (Fsp3) is 0.562. The van der Waals surface area contributed by atoms with Crippen molar-refractivity contribution in [2.75, 3.05) is 42.3 Å². The topological polar surface area (TPSA) is 105 Å². The quantitative estimate of drug-likeness (QED) is 0.647. The minimum absolute atomic E-state index is 0.00363. The number of sulfone groups is 1. The highest BCUT2D eigenvalue weighted by Gasteiger charge is 2.32. The van der Waals surface area contributed by atoms with Crippen molar-refractivity contribution < 1.29 is 12.8 Å². The van der Waals surface area contributed by atoms with E-state index in [1.54, 1.807) is 24.1 Å². The van der Waals surface area contributed by atoms with Crippen LogP contribution in [0, 0.1) is 0 Å². The van der Waals surface area contributed by atoms with Gasteiger partial charge in [-0.15, -0.1) is 0 Å². The zero-order chi connectivity index (χ0) is 20.3. The van der Waals surface area contributed by atoms with Gasteiger partial charge in [-0.2, -0.15) is 10.1 Å². The molecule has 0 radical (unpaired) electrons. The third-order valence-corrected chi connectivity index (χ3v) is 5.64. The summed E-state index contributed by atoms with van der Waals surface area (Å²) in [6.45, 7) is 0.928. The third kappa shape index (κ3) is 5.76. The molecule has 2 aromatic rings. The third-order valence-electron chi connectivity index (χ3n) is 4.44. The molecule has 2 aromatic heterocycles. The monoisotopic (exact) mass is 431 g/mol. The molecule has 0 aromatic carbocycles. The molecule has 0 aliphatic carbocycles. The van der Waals surface area contributed by atoms with Crippen molar-refractivity contribution >= 4 is 38.9 Å². The van der Waals surface area contributed by atoms with Crippen LogP contribution in [0.25, 0.3) is 0 Å². The van der Waals surface area contributed by atoms with E-state index >= 15 is 0 Å². The molecule has 0 unspecified atom stereocenters. The lowest BCUT2D eigenvalue weighted by atomic mass is 10.2. The number of aromatic nitrogens is 4. The number of anilines is 3. The van der Waals surface area contributed by atoms with Crippen LogP contribution in [0.4, 0.5) is 21.8 Å². The molecule has 1 saturated heterocycles. The molecular formula is C16H23ClFN7O2S. The van der Waals surface area contributed by atoms with Crippen molar-refractivity contribution in [2.24, 2.45) is 7.05 Å². The molecule has 1 aliphatic heterocycles. The number of nitrogens with one attached hydrogen (secondary N) is 2. The van der Waals surface area contributed by atoms with Crippen molar-refractivity contribution in [3.8, 4) is 0 Å². The van der Waals surface area contributed by atoms with Crippen LogP contribution in [0.1, 0.15) is 6.42 Å². The van der Waals surface area contributed by atoms with E-state index in [-0.39, 0.29) is 18.3 Å². The summed E-state index contributed by atoms with van der Waals surface area (Å²) in [6, 6.07) is -0.141. The van der Waals surface area contributed by atoms with Crippen molar-refractivity contribution in [3.05, 3.63) is 23.6 Å². The molecule has 3 rings (SSSR count). The van der Waals surface area contributed by atoms with Gasteiger partial charge in [-0.3, -0.25) is 9.58 Å². The summed E-state index contributed by atoms with van der Waals surface area (Å²) in [7, 11) is -1.30. The second kappa shape index (κ2) is 8.58. The van der Waals surface area contributed by atoms with Gasteiger partial charge in [0, 0.05) is 45.2 Å². The van der Waals surface area contributed by atoms with Gasteiger partial charge >= 0.3 is 0 Å². The van der Waals surface area contributed by atoms with E-state index in [2.05, 4.69) is 25.7 Å². The molecule has 0 spiro atoms. The molecule has 28 heavy (non-hydrogen) atoms. The van der Waals surface area contributed by atoms with Crippen LogP contribution in [-0.2, 0) is 16.9 Å². The standard InChI is InChI=1S/C16H23ClFN7O2S/c1-24-10-12(6-21-24)22-16-20-8-14(17)15(23-16)19-7-13-5-11(18)9-25(13)3-4-28(2,26)27/h6,8,10-11,13H,3-5,7,9H2,1-2H3,(H2,19,20,22,23)/t11-,13-/m0/s1. The largest absolute Gasteiger partial charge is 0.367 e. The van der Waals surface area contributed by atoms with Crippen molar-refractivity contribution in [1.29, 1.82) is 0 Å². The lowest BCUT2D eigenvalue weighted by Gasteiger charge is -2.24. The Morgan fingerprint density at radius 1 is 1.39 bits per heavy atom. The lowest BCUT2D eigenvalue weighted by Crippen LogP contribution is -2.38. The van der Waals surface area contributed by atoms with Gasteiger partial charge in [0.1, 0.15) is 21.0 Å². The van der Waals surface area contributed by atoms with Crippen LogP contribution < -0.4 is 10.6 Å². The molecule has 12 heteroatoms. The van der Waals surface area contributed by atoms with Crippen LogP contribution in [0.5, 0.6) is 0 Å². The van der Waals surface area contributed by atoms with Gasteiger partial charge < -0.3 is 10.6 Å². The van der Waals surface area contributed by atoms with E-state index in [0.717, 1.165) is 5.69 Å². The van der Waals surface area contributed by atoms with Gasteiger partial charge in [0.25, 0.3) is 0 Å². The first-order chi connectivity index (χ1) is 13.2. The first kappa shape index (κ1) is 20.7.